The van der Waals surface area contributed by atoms with E-state index in [1.54, 1.807) is 47.7 Å². The van der Waals surface area contributed by atoms with E-state index >= 15 is 0 Å². The Labute approximate surface area is 310 Å². The molecule has 4 N–H and O–H groups in total. The number of carbonyl (C=O) groups is 4. The van der Waals surface area contributed by atoms with Crippen molar-refractivity contribution in [2.24, 2.45) is 0 Å². The van der Waals surface area contributed by atoms with Gasteiger partial charge in [-0.2, -0.15) is 0 Å². The van der Waals surface area contributed by atoms with Gasteiger partial charge in [0.15, 0.2) is 0 Å². The molecule has 0 unspecified atom stereocenters. The smallest absolute Gasteiger partial charge is 0.335 e. The maximum Gasteiger partial charge on any atom is 0.335 e. The van der Waals surface area contributed by atoms with E-state index < -0.39 is 23.9 Å². The van der Waals surface area contributed by atoms with E-state index in [1.165, 1.54) is 45.3 Å². The Hall–Kier alpha value is -5.18. The highest BCUT2D eigenvalue weighted by molar-refractivity contribution is 7.30. The lowest BCUT2D eigenvalue weighted by atomic mass is 10.1. The van der Waals surface area contributed by atoms with Crippen molar-refractivity contribution >= 4 is 80.6 Å². The molecule has 2 aromatic carbocycles. The van der Waals surface area contributed by atoms with Crippen molar-refractivity contribution in [2.75, 3.05) is 0 Å². The van der Waals surface area contributed by atoms with Crippen molar-refractivity contribution in [2.45, 2.75) is 12.8 Å². The summed E-state index contributed by atoms with van der Waals surface area (Å²) in [7, 11) is 0. The third-order valence-electron chi connectivity index (χ3n) is 7.84. The molecule has 0 aliphatic rings. The second-order valence-electron chi connectivity index (χ2n) is 11.3. The first-order valence-electron chi connectivity index (χ1n) is 15.2. The van der Waals surface area contributed by atoms with Crippen LogP contribution >= 0.6 is 56.7 Å². The van der Waals surface area contributed by atoms with Crippen LogP contribution in [-0.4, -0.2) is 44.3 Å². The highest BCUT2D eigenvalue weighted by Gasteiger charge is 2.21. The van der Waals surface area contributed by atoms with Crippen molar-refractivity contribution in [1.82, 2.24) is 0 Å². The third kappa shape index (κ3) is 7.34. The fourth-order valence-corrected chi connectivity index (χ4v) is 11.4. The summed E-state index contributed by atoms with van der Waals surface area (Å²) in [6, 6.07) is 28.9. The van der Waals surface area contributed by atoms with Gasteiger partial charge in [-0.1, -0.05) is 24.3 Å². The summed E-state index contributed by atoms with van der Waals surface area (Å²) in [4.78, 5) is 55.7. The van der Waals surface area contributed by atoms with Crippen molar-refractivity contribution in [3.05, 3.63) is 119 Å². The predicted molar refractivity (Wildman–Crippen MR) is 205 cm³/mol. The molecule has 0 fully saturated rings. The molecule has 0 aliphatic carbocycles. The third-order valence-corrected chi connectivity index (χ3v) is 14.3. The number of aromatic carboxylic acids is 2. The minimum atomic E-state index is -1.01. The lowest BCUT2D eigenvalue weighted by Crippen LogP contribution is -1.99. The lowest BCUT2D eigenvalue weighted by molar-refractivity contribution is -0.137. The normalized spacial score (nSPS) is 11.1. The summed E-state index contributed by atoms with van der Waals surface area (Å²) in [5.74, 6) is -3.90. The fourth-order valence-electron chi connectivity index (χ4n) is 5.55. The predicted octanol–water partition coefficient (Wildman–Crippen LogP) is 10.6. The number of thiophene rings is 5. The van der Waals surface area contributed by atoms with Gasteiger partial charge in [0.05, 0.1) is 24.0 Å². The first-order chi connectivity index (χ1) is 24.5. The summed E-state index contributed by atoms with van der Waals surface area (Å²) in [5.41, 5.74) is 3.31. The molecule has 0 amide bonds. The molecule has 5 heterocycles. The Morgan fingerprint density at radius 2 is 0.784 bits per heavy atom. The van der Waals surface area contributed by atoms with Crippen LogP contribution in [0.4, 0.5) is 0 Å². The van der Waals surface area contributed by atoms with Crippen LogP contribution in [0.15, 0.2) is 97.1 Å². The Balaban J connectivity index is 1.20. The van der Waals surface area contributed by atoms with Crippen LogP contribution < -0.4 is 0 Å². The Morgan fingerprint density at radius 3 is 1.18 bits per heavy atom. The number of rotatable bonds is 12. The Morgan fingerprint density at radius 1 is 0.412 bits per heavy atom. The van der Waals surface area contributed by atoms with Crippen LogP contribution in [-0.2, 0) is 22.4 Å². The zero-order valence-corrected chi connectivity index (χ0v) is 30.2. The molecule has 0 aliphatic heterocycles. The zero-order valence-electron chi connectivity index (χ0n) is 26.1. The summed E-state index contributed by atoms with van der Waals surface area (Å²) in [6.07, 6.45) is -0.302. The first kappa shape index (κ1) is 34.3. The van der Waals surface area contributed by atoms with Gasteiger partial charge in [0.2, 0.25) is 0 Å². The fraction of sp³-hybridized carbons (Fsp3) is 0.0526. The van der Waals surface area contributed by atoms with E-state index in [1.807, 2.05) is 60.7 Å². The van der Waals surface area contributed by atoms with E-state index in [-0.39, 0.29) is 24.0 Å². The largest absolute Gasteiger partial charge is 0.481 e. The molecular formula is C38H24O8S5. The molecule has 0 spiro atoms. The molecule has 51 heavy (non-hydrogen) atoms. The van der Waals surface area contributed by atoms with E-state index in [2.05, 4.69) is 0 Å². The molecule has 5 aromatic heterocycles. The summed E-state index contributed by atoms with van der Waals surface area (Å²) < 4.78 is 0. The minimum absolute atomic E-state index is 0.151. The standard InChI is InChI=1S/C38H24O8S5/c39-33(40)17-23-15-31(50-35(23)29-11-7-25(47-29)19-3-1-5-21(13-19)37(43)44)27-9-10-28(49-27)32-16-24(18-34(41)42)36(51-32)30-12-8-26(48-30)20-4-2-6-22(14-20)38(45)46/h1-16H,17-18H2,(H,39,40)(H,41,42)(H,43,44)(H,45,46). The summed E-state index contributed by atoms with van der Waals surface area (Å²) >= 11 is 7.51. The van der Waals surface area contributed by atoms with Gasteiger partial charge in [-0.05, 0) is 95.1 Å². The zero-order chi connectivity index (χ0) is 35.8. The minimum Gasteiger partial charge on any atom is -0.481 e. The summed E-state index contributed by atoms with van der Waals surface area (Å²) in [5, 5.41) is 38.3. The van der Waals surface area contributed by atoms with Crippen molar-refractivity contribution < 1.29 is 39.6 Å². The van der Waals surface area contributed by atoms with Crippen LogP contribution in [0.2, 0.25) is 0 Å². The molecule has 0 bridgehead atoms. The van der Waals surface area contributed by atoms with Crippen molar-refractivity contribution in [3.8, 4) is 59.9 Å². The molecule has 254 valence electrons. The molecular weight excluding hydrogens is 745 g/mol. The van der Waals surface area contributed by atoms with Gasteiger partial charge in [-0.15, -0.1) is 56.7 Å². The van der Waals surface area contributed by atoms with Crippen molar-refractivity contribution in [3.63, 3.8) is 0 Å². The quantitative estimate of drug-likeness (QED) is 0.0960. The van der Waals surface area contributed by atoms with E-state index in [0.29, 0.717) is 11.1 Å². The van der Waals surface area contributed by atoms with E-state index in [0.717, 1.165) is 59.9 Å². The molecule has 0 atom stereocenters. The monoisotopic (exact) mass is 768 g/mol. The number of carboxylic acid groups (broad SMARTS) is 4. The lowest BCUT2D eigenvalue weighted by Gasteiger charge is -2.00. The Bertz CT molecular complexity index is 2300. The number of benzene rings is 2. The molecule has 0 saturated heterocycles. The highest BCUT2D eigenvalue weighted by Crippen LogP contribution is 2.48. The second kappa shape index (κ2) is 14.2. The molecule has 0 radical (unpaired) electrons. The van der Waals surface area contributed by atoms with Crippen LogP contribution in [0.1, 0.15) is 31.8 Å². The second-order valence-corrected chi connectivity index (χ2v) is 16.7. The van der Waals surface area contributed by atoms with Gasteiger partial charge in [-0.25, -0.2) is 9.59 Å². The molecule has 0 saturated carbocycles. The van der Waals surface area contributed by atoms with Gasteiger partial charge in [0.25, 0.3) is 0 Å². The van der Waals surface area contributed by atoms with Gasteiger partial charge in [0, 0.05) is 48.8 Å². The number of carboxylic acids is 4. The number of aliphatic carboxylic acids is 2. The Kier molecular flexibility index (Phi) is 9.55. The molecule has 8 nitrogen and oxygen atoms in total. The van der Waals surface area contributed by atoms with Crippen LogP contribution in [0.3, 0.4) is 0 Å². The maximum absolute atomic E-state index is 11.9. The van der Waals surface area contributed by atoms with E-state index in [9.17, 15) is 39.6 Å². The van der Waals surface area contributed by atoms with Crippen LogP contribution in [0.5, 0.6) is 0 Å². The van der Waals surface area contributed by atoms with Gasteiger partial charge in [0.1, 0.15) is 0 Å². The first-order valence-corrected chi connectivity index (χ1v) is 19.3. The van der Waals surface area contributed by atoms with Crippen LogP contribution in [0, 0.1) is 0 Å². The average molecular weight is 769 g/mol. The van der Waals surface area contributed by atoms with Crippen molar-refractivity contribution in [1.29, 1.82) is 0 Å². The topological polar surface area (TPSA) is 149 Å². The molecule has 13 heteroatoms. The maximum atomic E-state index is 11.9. The van der Waals surface area contributed by atoms with Gasteiger partial charge < -0.3 is 20.4 Å². The number of hydrogen-bond donors (Lipinski definition) is 4. The molecule has 7 rings (SSSR count). The molecule has 7 aromatic rings. The summed E-state index contributed by atoms with van der Waals surface area (Å²) in [6.45, 7) is 0. The SMILES string of the molecule is O=C(O)Cc1cc(-c2ccc(-c3cc(CC(=O)O)c(-c4ccc(-c5cccc(C(=O)O)c5)s4)s3)s2)sc1-c1ccc(-c2cccc(C(=O)O)c2)s1. The van der Waals surface area contributed by atoms with E-state index in [4.69, 9.17) is 0 Å². The highest BCUT2D eigenvalue weighted by atomic mass is 32.1. The van der Waals surface area contributed by atoms with Crippen LogP contribution in [0.25, 0.3) is 59.9 Å². The van der Waals surface area contributed by atoms with Gasteiger partial charge in [-0.3, -0.25) is 9.59 Å². The van der Waals surface area contributed by atoms with Gasteiger partial charge >= 0.3 is 23.9 Å². The number of hydrogen-bond acceptors (Lipinski definition) is 9. The average Bonchev–Trinajstić information content (AvgIpc) is 3.94.